The number of anilines is 2. The van der Waals surface area contributed by atoms with Gasteiger partial charge >= 0.3 is 5.97 Å². The molecule has 0 aliphatic rings. The van der Waals surface area contributed by atoms with E-state index in [1.54, 1.807) is 32.0 Å². The van der Waals surface area contributed by atoms with Gasteiger partial charge in [0.25, 0.3) is 0 Å². The summed E-state index contributed by atoms with van der Waals surface area (Å²) < 4.78 is 4.67. The van der Waals surface area contributed by atoms with Crippen molar-refractivity contribution in [3.63, 3.8) is 0 Å². The molecular formula is C21H24N2O4. The molecule has 0 spiro atoms. The number of amides is 2. The maximum atomic E-state index is 12.7. The van der Waals surface area contributed by atoms with Gasteiger partial charge in [0.05, 0.1) is 12.7 Å². The fourth-order valence-electron chi connectivity index (χ4n) is 2.38. The summed E-state index contributed by atoms with van der Waals surface area (Å²) in [5.74, 6) is -1.40. The Bertz CT molecular complexity index is 888. The molecule has 142 valence electrons. The van der Waals surface area contributed by atoms with Crippen LogP contribution in [0, 0.1) is 19.3 Å². The number of carbonyl (C=O) groups excluding carboxylic acids is 3. The van der Waals surface area contributed by atoms with Crippen molar-refractivity contribution in [2.24, 2.45) is 5.41 Å². The second-order valence-corrected chi connectivity index (χ2v) is 6.92. The van der Waals surface area contributed by atoms with E-state index in [2.05, 4.69) is 15.4 Å². The molecule has 0 atom stereocenters. The molecule has 0 heterocycles. The molecule has 0 radical (unpaired) electrons. The lowest BCUT2D eigenvalue weighted by atomic mass is 9.90. The summed E-state index contributed by atoms with van der Waals surface area (Å²) in [5.41, 5.74) is 2.00. The van der Waals surface area contributed by atoms with Crippen LogP contribution in [0.2, 0.25) is 0 Å². The van der Waals surface area contributed by atoms with Crippen LogP contribution in [0.15, 0.2) is 42.5 Å². The molecule has 0 aromatic heterocycles. The highest BCUT2D eigenvalue weighted by molar-refractivity contribution is 6.14. The molecule has 0 fully saturated rings. The quantitative estimate of drug-likeness (QED) is 0.623. The van der Waals surface area contributed by atoms with Crippen molar-refractivity contribution in [1.29, 1.82) is 0 Å². The predicted molar refractivity (Wildman–Crippen MR) is 105 cm³/mol. The maximum Gasteiger partial charge on any atom is 0.337 e. The highest BCUT2D eigenvalue weighted by Gasteiger charge is 2.36. The summed E-state index contributed by atoms with van der Waals surface area (Å²) in [4.78, 5) is 37.0. The van der Waals surface area contributed by atoms with Gasteiger partial charge in [-0.2, -0.15) is 0 Å². The first kappa shape index (κ1) is 20.2. The van der Waals surface area contributed by atoms with E-state index in [4.69, 9.17) is 0 Å². The first-order valence-electron chi connectivity index (χ1n) is 8.53. The molecule has 2 aromatic rings. The fraction of sp³-hybridized carbons (Fsp3) is 0.286. The Balaban J connectivity index is 2.15. The third-order valence-electron chi connectivity index (χ3n) is 4.32. The van der Waals surface area contributed by atoms with Crippen LogP contribution in [0.1, 0.15) is 35.3 Å². The zero-order valence-electron chi connectivity index (χ0n) is 16.2. The molecule has 2 N–H and O–H groups in total. The van der Waals surface area contributed by atoms with Crippen molar-refractivity contribution in [3.8, 4) is 0 Å². The molecule has 0 aliphatic heterocycles. The van der Waals surface area contributed by atoms with Gasteiger partial charge in [-0.3, -0.25) is 9.59 Å². The van der Waals surface area contributed by atoms with Crippen molar-refractivity contribution >= 4 is 29.2 Å². The number of hydrogen-bond donors (Lipinski definition) is 2. The molecule has 6 heteroatoms. The third kappa shape index (κ3) is 4.73. The lowest BCUT2D eigenvalue weighted by Crippen LogP contribution is -2.41. The third-order valence-corrected chi connectivity index (χ3v) is 4.32. The normalized spacial score (nSPS) is 10.9. The highest BCUT2D eigenvalue weighted by Crippen LogP contribution is 2.24. The SMILES string of the molecule is COC(=O)c1cccc(NC(=O)C(C)(C)C(=O)Nc2cc(C)ccc2C)c1. The topological polar surface area (TPSA) is 84.5 Å². The van der Waals surface area contributed by atoms with E-state index in [1.807, 2.05) is 32.0 Å². The average Bonchev–Trinajstić information content (AvgIpc) is 2.64. The average molecular weight is 368 g/mol. The van der Waals surface area contributed by atoms with E-state index in [9.17, 15) is 14.4 Å². The van der Waals surface area contributed by atoms with Crippen LogP contribution in [-0.2, 0) is 14.3 Å². The smallest absolute Gasteiger partial charge is 0.337 e. The molecule has 2 rings (SSSR count). The van der Waals surface area contributed by atoms with Crippen LogP contribution >= 0.6 is 0 Å². The summed E-state index contributed by atoms with van der Waals surface area (Å²) in [6.45, 7) is 6.92. The van der Waals surface area contributed by atoms with E-state index >= 15 is 0 Å². The summed E-state index contributed by atoms with van der Waals surface area (Å²) >= 11 is 0. The van der Waals surface area contributed by atoms with E-state index in [1.165, 1.54) is 13.2 Å². The Kier molecular flexibility index (Phi) is 6.00. The summed E-state index contributed by atoms with van der Waals surface area (Å²) in [7, 11) is 1.29. The molecule has 0 aliphatic carbocycles. The van der Waals surface area contributed by atoms with E-state index in [0.717, 1.165) is 11.1 Å². The van der Waals surface area contributed by atoms with E-state index < -0.39 is 23.2 Å². The van der Waals surface area contributed by atoms with Crippen molar-refractivity contribution in [3.05, 3.63) is 59.2 Å². The van der Waals surface area contributed by atoms with Gasteiger partial charge in [-0.25, -0.2) is 4.79 Å². The number of methoxy groups -OCH3 is 1. The zero-order chi connectivity index (χ0) is 20.2. The molecule has 0 saturated heterocycles. The van der Waals surface area contributed by atoms with Crippen molar-refractivity contribution < 1.29 is 19.1 Å². The standard InChI is InChI=1S/C21H24N2O4/c1-13-9-10-14(2)17(11-13)23-20(26)21(3,4)19(25)22-16-8-6-7-15(12-16)18(24)27-5/h6-12H,1-5H3,(H,22,25)(H,23,26). The van der Waals surface area contributed by atoms with E-state index in [0.29, 0.717) is 16.9 Å². The van der Waals surface area contributed by atoms with Crippen LogP contribution in [-0.4, -0.2) is 24.9 Å². The molecule has 2 amide bonds. The molecule has 0 saturated carbocycles. The van der Waals surface area contributed by atoms with Gasteiger partial charge in [-0.1, -0.05) is 18.2 Å². The van der Waals surface area contributed by atoms with Crippen molar-refractivity contribution in [2.75, 3.05) is 17.7 Å². The Labute approximate surface area is 158 Å². The van der Waals surface area contributed by atoms with Gasteiger partial charge in [-0.15, -0.1) is 0 Å². The number of ether oxygens (including phenoxy) is 1. The van der Waals surface area contributed by atoms with Crippen LogP contribution in [0.5, 0.6) is 0 Å². The monoisotopic (exact) mass is 368 g/mol. The van der Waals surface area contributed by atoms with Crippen LogP contribution in [0.4, 0.5) is 11.4 Å². The summed E-state index contributed by atoms with van der Waals surface area (Å²) in [5, 5.41) is 5.51. The molecule has 27 heavy (non-hydrogen) atoms. The van der Waals surface area contributed by atoms with Gasteiger partial charge in [0, 0.05) is 11.4 Å². The van der Waals surface area contributed by atoms with Crippen LogP contribution in [0.25, 0.3) is 0 Å². The lowest BCUT2D eigenvalue weighted by molar-refractivity contribution is -0.135. The van der Waals surface area contributed by atoms with Gasteiger partial charge < -0.3 is 15.4 Å². The Morgan fingerprint density at radius 2 is 1.59 bits per heavy atom. The molecule has 6 nitrogen and oxygen atoms in total. The minimum Gasteiger partial charge on any atom is -0.465 e. The number of aryl methyl sites for hydroxylation is 2. The highest BCUT2D eigenvalue weighted by atomic mass is 16.5. The predicted octanol–water partition coefficient (Wildman–Crippen LogP) is 3.69. The molecule has 0 unspecified atom stereocenters. The lowest BCUT2D eigenvalue weighted by Gasteiger charge is -2.23. The largest absolute Gasteiger partial charge is 0.465 e. The summed E-state index contributed by atoms with van der Waals surface area (Å²) in [6, 6.07) is 12.1. The van der Waals surface area contributed by atoms with Crippen LogP contribution in [0.3, 0.4) is 0 Å². The van der Waals surface area contributed by atoms with Crippen molar-refractivity contribution in [1.82, 2.24) is 0 Å². The number of rotatable bonds is 5. The Morgan fingerprint density at radius 3 is 2.26 bits per heavy atom. The number of carbonyl (C=O) groups is 3. The van der Waals surface area contributed by atoms with E-state index in [-0.39, 0.29) is 0 Å². The minimum absolute atomic E-state index is 0.313. The molecule has 2 aromatic carbocycles. The first-order valence-corrected chi connectivity index (χ1v) is 8.53. The first-order chi connectivity index (χ1) is 12.6. The zero-order valence-corrected chi connectivity index (χ0v) is 16.2. The van der Waals surface area contributed by atoms with Crippen molar-refractivity contribution in [2.45, 2.75) is 27.7 Å². The Morgan fingerprint density at radius 1 is 0.926 bits per heavy atom. The number of esters is 1. The Hall–Kier alpha value is -3.15. The van der Waals surface area contributed by atoms with Crippen LogP contribution < -0.4 is 10.6 Å². The van der Waals surface area contributed by atoms with Gasteiger partial charge in [-0.05, 0) is 63.1 Å². The van der Waals surface area contributed by atoms with Gasteiger partial charge in [0.2, 0.25) is 11.8 Å². The second-order valence-electron chi connectivity index (χ2n) is 6.92. The molecular weight excluding hydrogens is 344 g/mol. The summed E-state index contributed by atoms with van der Waals surface area (Å²) in [6.07, 6.45) is 0. The fourth-order valence-corrected chi connectivity index (χ4v) is 2.38. The number of benzene rings is 2. The maximum absolute atomic E-state index is 12.7. The minimum atomic E-state index is -1.32. The molecule has 0 bridgehead atoms. The van der Waals surface area contributed by atoms with Gasteiger partial charge in [0.1, 0.15) is 5.41 Å². The number of nitrogens with one attached hydrogen (secondary N) is 2. The second kappa shape index (κ2) is 8.03. The number of hydrogen-bond acceptors (Lipinski definition) is 4. The van der Waals surface area contributed by atoms with Gasteiger partial charge in [0.15, 0.2) is 0 Å².